The largest absolute Gasteiger partial charge is 0.398 e. The van der Waals surface area contributed by atoms with Crippen LogP contribution in [0, 0.1) is 0 Å². The van der Waals surface area contributed by atoms with E-state index in [1.807, 2.05) is 78.9 Å². The number of aryl methyl sites for hydroxylation is 1. The number of rotatable bonds is 8. The number of nitrogen functional groups attached to an aromatic ring is 2. The van der Waals surface area contributed by atoms with E-state index in [-0.39, 0.29) is 11.6 Å². The Labute approximate surface area is 207 Å². The van der Waals surface area contributed by atoms with Crippen LogP contribution in [0.1, 0.15) is 63.6 Å². The first-order valence-corrected chi connectivity index (χ1v) is 11.9. The Morgan fingerprint density at radius 1 is 0.600 bits per heavy atom. The molecule has 0 bridgehead atoms. The number of carbonyl (C=O) groups excluding carboxylic acids is 2. The second kappa shape index (κ2) is 12.9. The molecule has 0 radical (unpaired) electrons. The van der Waals surface area contributed by atoms with Gasteiger partial charge in [-0.15, -0.1) is 0 Å². The van der Waals surface area contributed by atoms with Gasteiger partial charge in [0.15, 0.2) is 11.6 Å². The van der Waals surface area contributed by atoms with Crippen LogP contribution in [0.5, 0.6) is 0 Å². The van der Waals surface area contributed by atoms with E-state index in [9.17, 15) is 9.59 Å². The molecule has 0 aromatic heterocycles. The lowest BCUT2D eigenvalue weighted by molar-refractivity contribution is 0.103. The Bertz CT molecular complexity index is 1250. The normalized spacial score (nSPS) is 10.2. The quantitative estimate of drug-likeness (QED) is 0.172. The van der Waals surface area contributed by atoms with Crippen LogP contribution in [0.2, 0.25) is 0 Å². The summed E-state index contributed by atoms with van der Waals surface area (Å²) in [6.07, 6.45) is 4.43. The molecule has 0 atom stereocenters. The molecular formula is C31H32N2O2. The Balaban J connectivity index is 0.000000203. The first-order chi connectivity index (χ1) is 17.0. The fourth-order valence-corrected chi connectivity index (χ4v) is 3.79. The summed E-state index contributed by atoms with van der Waals surface area (Å²) in [5.74, 6) is -0.0332. The van der Waals surface area contributed by atoms with Crippen LogP contribution < -0.4 is 11.5 Å². The third kappa shape index (κ3) is 6.90. The van der Waals surface area contributed by atoms with Crippen molar-refractivity contribution < 1.29 is 9.59 Å². The van der Waals surface area contributed by atoms with E-state index < -0.39 is 0 Å². The monoisotopic (exact) mass is 464 g/mol. The van der Waals surface area contributed by atoms with Crippen molar-refractivity contribution in [2.45, 2.75) is 32.6 Å². The number of benzene rings is 4. The molecule has 4 aromatic carbocycles. The number of hydrogen-bond donors (Lipinski definition) is 2. The van der Waals surface area contributed by atoms with Crippen LogP contribution in [-0.2, 0) is 6.42 Å². The third-order valence-corrected chi connectivity index (χ3v) is 5.77. The number of anilines is 2. The van der Waals surface area contributed by atoms with Gasteiger partial charge in [0, 0.05) is 33.6 Å². The highest BCUT2D eigenvalue weighted by atomic mass is 16.1. The van der Waals surface area contributed by atoms with Crippen molar-refractivity contribution in [3.05, 3.63) is 131 Å². The van der Waals surface area contributed by atoms with Crippen molar-refractivity contribution in [3.63, 3.8) is 0 Å². The molecule has 4 N–H and O–H groups in total. The highest BCUT2D eigenvalue weighted by Crippen LogP contribution is 2.22. The number of para-hydroxylation sites is 2. The van der Waals surface area contributed by atoms with Gasteiger partial charge in [0.2, 0.25) is 0 Å². The van der Waals surface area contributed by atoms with Crippen LogP contribution in [0.15, 0.2) is 103 Å². The van der Waals surface area contributed by atoms with E-state index in [2.05, 4.69) is 6.92 Å². The molecule has 0 spiro atoms. The Morgan fingerprint density at radius 2 is 1.11 bits per heavy atom. The zero-order valence-corrected chi connectivity index (χ0v) is 20.1. The van der Waals surface area contributed by atoms with E-state index in [0.29, 0.717) is 33.6 Å². The minimum atomic E-state index is -0.0336. The van der Waals surface area contributed by atoms with E-state index in [1.54, 1.807) is 24.3 Å². The lowest BCUT2D eigenvalue weighted by Gasteiger charge is -2.10. The summed E-state index contributed by atoms with van der Waals surface area (Å²) in [6, 6.07) is 31.3. The highest BCUT2D eigenvalue weighted by molar-refractivity contribution is 6.12. The molecule has 0 saturated heterocycles. The van der Waals surface area contributed by atoms with Crippen LogP contribution in [0.3, 0.4) is 0 Å². The first-order valence-electron chi connectivity index (χ1n) is 11.9. The molecule has 4 nitrogen and oxygen atoms in total. The fourth-order valence-electron chi connectivity index (χ4n) is 3.79. The van der Waals surface area contributed by atoms with Gasteiger partial charge in [-0.05, 0) is 36.6 Å². The zero-order valence-electron chi connectivity index (χ0n) is 20.1. The van der Waals surface area contributed by atoms with Crippen molar-refractivity contribution in [2.24, 2.45) is 0 Å². The number of nitrogens with two attached hydrogens (primary N) is 2. The summed E-state index contributed by atoms with van der Waals surface area (Å²) in [5.41, 5.74) is 16.7. The summed E-state index contributed by atoms with van der Waals surface area (Å²) in [5, 5.41) is 0. The third-order valence-electron chi connectivity index (χ3n) is 5.77. The summed E-state index contributed by atoms with van der Waals surface area (Å²) in [6.45, 7) is 2.18. The number of unbranched alkanes of at least 4 members (excludes halogenated alkanes) is 2. The van der Waals surface area contributed by atoms with Crippen LogP contribution in [-0.4, -0.2) is 11.6 Å². The van der Waals surface area contributed by atoms with Crippen molar-refractivity contribution in [1.29, 1.82) is 0 Å². The molecule has 4 aromatic rings. The average molecular weight is 465 g/mol. The fraction of sp³-hybridized carbons (Fsp3) is 0.161. The standard InChI is InChI=1S/C18H21NO.C13H11NO/c1-2-3-5-9-14-12-8-13-16(17(14)19)18(20)15-10-6-4-7-11-15;14-12-9-5-4-8-11(12)13(15)10-6-2-1-3-7-10/h4,6-8,10-13H,2-3,5,9,19H2,1H3;1-9H,14H2. The molecule has 35 heavy (non-hydrogen) atoms. The summed E-state index contributed by atoms with van der Waals surface area (Å²) in [7, 11) is 0. The molecule has 4 heteroatoms. The lowest BCUT2D eigenvalue weighted by atomic mass is 9.96. The summed E-state index contributed by atoms with van der Waals surface area (Å²) in [4.78, 5) is 24.5. The summed E-state index contributed by atoms with van der Waals surface area (Å²) < 4.78 is 0. The molecule has 0 saturated carbocycles. The Morgan fingerprint density at radius 3 is 1.69 bits per heavy atom. The molecule has 0 unspecified atom stereocenters. The van der Waals surface area contributed by atoms with Gasteiger partial charge >= 0.3 is 0 Å². The van der Waals surface area contributed by atoms with Crippen molar-refractivity contribution in [2.75, 3.05) is 11.5 Å². The predicted molar refractivity (Wildman–Crippen MR) is 145 cm³/mol. The van der Waals surface area contributed by atoms with Gasteiger partial charge in [-0.2, -0.15) is 0 Å². The van der Waals surface area contributed by atoms with Crippen molar-refractivity contribution in [3.8, 4) is 0 Å². The van der Waals surface area contributed by atoms with Gasteiger partial charge in [0.05, 0.1) is 0 Å². The lowest BCUT2D eigenvalue weighted by Crippen LogP contribution is -2.07. The van der Waals surface area contributed by atoms with Gasteiger partial charge < -0.3 is 11.5 Å². The van der Waals surface area contributed by atoms with E-state index in [1.165, 1.54) is 12.8 Å². The van der Waals surface area contributed by atoms with Crippen LogP contribution >= 0.6 is 0 Å². The maximum atomic E-state index is 12.5. The average Bonchev–Trinajstić information content (AvgIpc) is 2.91. The SMILES string of the molecule is CCCCCc1cccc(C(=O)c2ccccc2)c1N.Nc1ccccc1C(=O)c1ccccc1. The van der Waals surface area contributed by atoms with Crippen LogP contribution in [0.25, 0.3) is 0 Å². The molecule has 0 fully saturated rings. The molecule has 0 aliphatic carbocycles. The number of hydrogen-bond acceptors (Lipinski definition) is 4. The first kappa shape index (κ1) is 25.4. The molecule has 0 amide bonds. The van der Waals surface area contributed by atoms with Crippen molar-refractivity contribution in [1.82, 2.24) is 0 Å². The molecule has 0 aliphatic rings. The second-order valence-electron chi connectivity index (χ2n) is 8.31. The smallest absolute Gasteiger partial charge is 0.195 e. The molecule has 0 heterocycles. The highest BCUT2D eigenvalue weighted by Gasteiger charge is 2.14. The van der Waals surface area contributed by atoms with E-state index in [0.717, 1.165) is 18.4 Å². The Kier molecular flexibility index (Phi) is 9.38. The number of ketones is 2. The van der Waals surface area contributed by atoms with E-state index >= 15 is 0 Å². The van der Waals surface area contributed by atoms with E-state index in [4.69, 9.17) is 11.5 Å². The topological polar surface area (TPSA) is 86.2 Å². The molecule has 178 valence electrons. The van der Waals surface area contributed by atoms with Gasteiger partial charge in [-0.25, -0.2) is 0 Å². The minimum Gasteiger partial charge on any atom is -0.398 e. The summed E-state index contributed by atoms with van der Waals surface area (Å²) >= 11 is 0. The minimum absolute atomic E-state index is 0.000409. The maximum Gasteiger partial charge on any atom is 0.195 e. The maximum absolute atomic E-state index is 12.5. The number of carbonyl (C=O) groups is 2. The predicted octanol–water partition coefficient (Wildman–Crippen LogP) is 6.73. The molecule has 0 aliphatic heterocycles. The van der Waals surface area contributed by atoms with Gasteiger partial charge in [-0.1, -0.05) is 105 Å². The second-order valence-corrected chi connectivity index (χ2v) is 8.31. The molecule has 4 rings (SSSR count). The van der Waals surface area contributed by atoms with Gasteiger partial charge in [0.1, 0.15) is 0 Å². The van der Waals surface area contributed by atoms with Gasteiger partial charge in [0.25, 0.3) is 0 Å². The van der Waals surface area contributed by atoms with Crippen molar-refractivity contribution >= 4 is 22.9 Å². The Hall–Kier alpha value is -4.18. The van der Waals surface area contributed by atoms with Gasteiger partial charge in [-0.3, -0.25) is 9.59 Å². The molecular weight excluding hydrogens is 432 g/mol. The zero-order chi connectivity index (χ0) is 25.0. The van der Waals surface area contributed by atoms with Crippen LogP contribution in [0.4, 0.5) is 11.4 Å².